The van der Waals surface area contributed by atoms with Gasteiger partial charge in [-0.3, -0.25) is 9.59 Å². The standard InChI is InChI=1S/C27H30N2O4/c1-19(22-7-5-4-6-8-22)28-27(31)25(17-20-9-13-23(32-2)14-10-20)29-26(30)18-21-11-15-24(33-3)16-12-21/h4-16,19,25H,17-18H2,1-3H3,(H,28,31)(H,29,30)/t19-,25+/m0/s1. The summed E-state index contributed by atoms with van der Waals surface area (Å²) in [6.45, 7) is 1.93. The smallest absolute Gasteiger partial charge is 0.243 e. The van der Waals surface area contributed by atoms with Crippen LogP contribution in [-0.4, -0.2) is 32.1 Å². The number of rotatable bonds is 10. The van der Waals surface area contributed by atoms with E-state index in [1.807, 2.05) is 85.8 Å². The average Bonchev–Trinajstić information content (AvgIpc) is 2.85. The van der Waals surface area contributed by atoms with Gasteiger partial charge < -0.3 is 20.1 Å². The number of carbonyl (C=O) groups is 2. The van der Waals surface area contributed by atoms with Gasteiger partial charge in [0.1, 0.15) is 17.5 Å². The molecule has 0 bridgehead atoms. The van der Waals surface area contributed by atoms with E-state index in [1.54, 1.807) is 14.2 Å². The number of ether oxygens (including phenoxy) is 2. The summed E-state index contributed by atoms with van der Waals surface area (Å²) in [5.41, 5.74) is 2.77. The van der Waals surface area contributed by atoms with Crippen molar-refractivity contribution in [3.63, 3.8) is 0 Å². The molecule has 172 valence electrons. The van der Waals surface area contributed by atoms with Crippen LogP contribution in [0.2, 0.25) is 0 Å². The van der Waals surface area contributed by atoms with Crippen molar-refractivity contribution >= 4 is 11.8 Å². The maximum Gasteiger partial charge on any atom is 0.243 e. The zero-order valence-electron chi connectivity index (χ0n) is 19.2. The molecule has 3 aromatic carbocycles. The molecule has 0 fully saturated rings. The highest BCUT2D eigenvalue weighted by atomic mass is 16.5. The van der Waals surface area contributed by atoms with Crippen LogP contribution < -0.4 is 20.1 Å². The lowest BCUT2D eigenvalue weighted by Crippen LogP contribution is -2.49. The Morgan fingerprint density at radius 2 is 1.30 bits per heavy atom. The molecule has 33 heavy (non-hydrogen) atoms. The van der Waals surface area contributed by atoms with Gasteiger partial charge in [0.15, 0.2) is 0 Å². The van der Waals surface area contributed by atoms with E-state index in [0.717, 1.165) is 28.2 Å². The number of nitrogens with one attached hydrogen (secondary N) is 2. The van der Waals surface area contributed by atoms with E-state index in [-0.39, 0.29) is 24.3 Å². The van der Waals surface area contributed by atoms with Crippen molar-refractivity contribution in [2.75, 3.05) is 14.2 Å². The van der Waals surface area contributed by atoms with E-state index in [1.165, 1.54) is 0 Å². The highest BCUT2D eigenvalue weighted by Gasteiger charge is 2.23. The van der Waals surface area contributed by atoms with Gasteiger partial charge in [-0.15, -0.1) is 0 Å². The number of carbonyl (C=O) groups excluding carboxylic acids is 2. The Kier molecular flexibility index (Phi) is 8.47. The fourth-order valence-electron chi connectivity index (χ4n) is 3.52. The number of benzene rings is 3. The summed E-state index contributed by atoms with van der Waals surface area (Å²) >= 11 is 0. The van der Waals surface area contributed by atoms with Crippen molar-refractivity contribution in [1.29, 1.82) is 0 Å². The van der Waals surface area contributed by atoms with Crippen LogP contribution in [0.5, 0.6) is 11.5 Å². The predicted octanol–water partition coefficient (Wildman–Crippen LogP) is 3.85. The lowest BCUT2D eigenvalue weighted by atomic mass is 10.0. The number of hydrogen-bond acceptors (Lipinski definition) is 4. The van der Waals surface area contributed by atoms with E-state index in [0.29, 0.717) is 6.42 Å². The molecule has 6 nitrogen and oxygen atoms in total. The van der Waals surface area contributed by atoms with E-state index in [2.05, 4.69) is 10.6 Å². The quantitative estimate of drug-likeness (QED) is 0.496. The van der Waals surface area contributed by atoms with Gasteiger partial charge in [0.2, 0.25) is 11.8 Å². The van der Waals surface area contributed by atoms with Crippen LogP contribution in [-0.2, 0) is 22.4 Å². The minimum Gasteiger partial charge on any atom is -0.497 e. The molecule has 0 saturated heterocycles. The monoisotopic (exact) mass is 446 g/mol. The third kappa shape index (κ3) is 7.10. The first-order valence-corrected chi connectivity index (χ1v) is 10.9. The Hall–Kier alpha value is -3.80. The Morgan fingerprint density at radius 3 is 1.85 bits per heavy atom. The third-order valence-corrected chi connectivity index (χ3v) is 5.43. The van der Waals surface area contributed by atoms with E-state index >= 15 is 0 Å². The first kappa shape index (κ1) is 23.9. The van der Waals surface area contributed by atoms with Gasteiger partial charge in [-0.1, -0.05) is 54.6 Å². The minimum atomic E-state index is -0.713. The molecule has 0 spiro atoms. The molecular weight excluding hydrogens is 416 g/mol. The summed E-state index contributed by atoms with van der Waals surface area (Å²) in [5, 5.41) is 5.94. The van der Waals surface area contributed by atoms with Gasteiger partial charge >= 0.3 is 0 Å². The van der Waals surface area contributed by atoms with Crippen LogP contribution in [0.15, 0.2) is 78.9 Å². The fraction of sp³-hybridized carbons (Fsp3) is 0.259. The highest BCUT2D eigenvalue weighted by molar-refractivity contribution is 5.88. The van der Waals surface area contributed by atoms with E-state index in [9.17, 15) is 9.59 Å². The van der Waals surface area contributed by atoms with Crippen LogP contribution in [0.1, 0.15) is 29.7 Å². The summed E-state index contributed by atoms with van der Waals surface area (Å²) in [6, 6.07) is 23.6. The molecule has 3 aromatic rings. The second kappa shape index (κ2) is 11.7. The Balaban J connectivity index is 1.71. The molecule has 0 radical (unpaired) electrons. The molecule has 2 atom stereocenters. The third-order valence-electron chi connectivity index (χ3n) is 5.43. The molecule has 0 aromatic heterocycles. The largest absolute Gasteiger partial charge is 0.497 e. The van der Waals surface area contributed by atoms with Crippen LogP contribution in [0.25, 0.3) is 0 Å². The highest BCUT2D eigenvalue weighted by Crippen LogP contribution is 2.16. The van der Waals surface area contributed by atoms with Crippen LogP contribution in [0, 0.1) is 0 Å². The summed E-state index contributed by atoms with van der Waals surface area (Å²) in [7, 11) is 3.20. The molecule has 2 N–H and O–H groups in total. The number of amides is 2. The predicted molar refractivity (Wildman–Crippen MR) is 128 cm³/mol. The molecule has 0 aliphatic carbocycles. The second-order valence-corrected chi connectivity index (χ2v) is 7.84. The Labute approximate surface area is 194 Å². The Bertz CT molecular complexity index is 1030. The summed E-state index contributed by atoms with van der Waals surface area (Å²) in [6.07, 6.45) is 0.538. The van der Waals surface area contributed by atoms with E-state index in [4.69, 9.17) is 9.47 Å². The molecule has 0 unspecified atom stereocenters. The summed E-state index contributed by atoms with van der Waals surface area (Å²) in [5.74, 6) is 1.01. The normalized spacial score (nSPS) is 12.3. The molecule has 0 aliphatic heterocycles. The molecule has 2 amide bonds. The fourth-order valence-corrected chi connectivity index (χ4v) is 3.52. The van der Waals surface area contributed by atoms with Crippen molar-refractivity contribution in [2.24, 2.45) is 0 Å². The first-order valence-electron chi connectivity index (χ1n) is 10.9. The number of hydrogen-bond donors (Lipinski definition) is 2. The van der Waals surface area contributed by atoms with Gasteiger partial charge in [0.25, 0.3) is 0 Å². The van der Waals surface area contributed by atoms with Crippen molar-refractivity contribution in [3.8, 4) is 11.5 Å². The topological polar surface area (TPSA) is 76.7 Å². The van der Waals surface area contributed by atoms with Gasteiger partial charge in [-0.25, -0.2) is 0 Å². The number of methoxy groups -OCH3 is 2. The average molecular weight is 447 g/mol. The van der Waals surface area contributed by atoms with Crippen LogP contribution >= 0.6 is 0 Å². The maximum atomic E-state index is 13.2. The van der Waals surface area contributed by atoms with Gasteiger partial charge in [0.05, 0.1) is 26.7 Å². The lowest BCUT2D eigenvalue weighted by molar-refractivity contribution is -0.129. The van der Waals surface area contributed by atoms with E-state index < -0.39 is 6.04 Å². The molecule has 0 aliphatic rings. The molecule has 6 heteroatoms. The lowest BCUT2D eigenvalue weighted by Gasteiger charge is -2.22. The van der Waals surface area contributed by atoms with Gasteiger partial charge in [-0.2, -0.15) is 0 Å². The first-order chi connectivity index (χ1) is 16.0. The van der Waals surface area contributed by atoms with Gasteiger partial charge in [0, 0.05) is 6.42 Å². The van der Waals surface area contributed by atoms with Crippen molar-refractivity contribution < 1.29 is 19.1 Å². The minimum absolute atomic E-state index is 0.171. The van der Waals surface area contributed by atoms with Crippen LogP contribution in [0.3, 0.4) is 0 Å². The SMILES string of the molecule is COc1ccc(CC(=O)N[C@H](Cc2ccc(OC)cc2)C(=O)N[C@@H](C)c2ccccc2)cc1. The van der Waals surface area contributed by atoms with Crippen molar-refractivity contribution in [2.45, 2.75) is 31.8 Å². The van der Waals surface area contributed by atoms with Gasteiger partial charge in [-0.05, 0) is 47.9 Å². The molecule has 0 heterocycles. The van der Waals surface area contributed by atoms with Crippen LogP contribution in [0.4, 0.5) is 0 Å². The summed E-state index contributed by atoms with van der Waals surface area (Å²) < 4.78 is 10.4. The zero-order chi connectivity index (χ0) is 23.6. The molecular formula is C27H30N2O4. The maximum absolute atomic E-state index is 13.2. The van der Waals surface area contributed by atoms with Crippen molar-refractivity contribution in [3.05, 3.63) is 95.6 Å². The molecule has 3 rings (SSSR count). The summed E-state index contributed by atoms with van der Waals surface area (Å²) in [4.78, 5) is 25.9. The van der Waals surface area contributed by atoms with Crippen molar-refractivity contribution in [1.82, 2.24) is 10.6 Å². The molecule has 0 saturated carbocycles. The second-order valence-electron chi connectivity index (χ2n) is 7.84. The zero-order valence-corrected chi connectivity index (χ0v) is 19.2. The Morgan fingerprint density at radius 1 is 0.758 bits per heavy atom.